The van der Waals surface area contributed by atoms with Crippen molar-refractivity contribution in [2.75, 3.05) is 6.61 Å². The van der Waals surface area contributed by atoms with E-state index in [0.29, 0.717) is 26.2 Å². The Labute approximate surface area is 190 Å². The summed E-state index contributed by atoms with van der Waals surface area (Å²) in [6.45, 7) is 3.70. The summed E-state index contributed by atoms with van der Waals surface area (Å²) in [5.41, 5.74) is 2.06. The molecule has 0 fully saturated rings. The van der Waals surface area contributed by atoms with Crippen LogP contribution in [-0.4, -0.2) is 17.1 Å². The van der Waals surface area contributed by atoms with Crippen LogP contribution in [0.15, 0.2) is 74.1 Å². The van der Waals surface area contributed by atoms with Crippen molar-refractivity contribution in [2.24, 2.45) is 4.99 Å². The van der Waals surface area contributed by atoms with Crippen LogP contribution in [0.25, 0.3) is 6.08 Å². The highest BCUT2D eigenvalue weighted by atomic mass is 79.9. The molecule has 0 saturated heterocycles. The summed E-state index contributed by atoms with van der Waals surface area (Å²) in [5.74, 6) is -0.840. The molecule has 0 amide bonds. The summed E-state index contributed by atoms with van der Waals surface area (Å²) in [6, 6.07) is 12.7. The number of allylic oxidation sites excluding steroid dienone is 1. The number of hydrogen-bond donors (Lipinski definition) is 0. The summed E-state index contributed by atoms with van der Waals surface area (Å²) < 4.78 is 21.4. The highest BCUT2D eigenvalue weighted by Crippen LogP contribution is 2.31. The molecule has 0 radical (unpaired) electrons. The van der Waals surface area contributed by atoms with Crippen LogP contribution in [0.3, 0.4) is 0 Å². The van der Waals surface area contributed by atoms with Crippen LogP contribution in [0.1, 0.15) is 31.0 Å². The maximum absolute atomic E-state index is 13.4. The number of hydrogen-bond acceptors (Lipinski definition) is 5. The first-order chi connectivity index (χ1) is 14.9. The van der Waals surface area contributed by atoms with Crippen molar-refractivity contribution in [3.8, 4) is 0 Å². The van der Waals surface area contributed by atoms with Crippen molar-refractivity contribution in [3.05, 3.63) is 101 Å². The molecule has 2 aromatic carbocycles. The summed E-state index contributed by atoms with van der Waals surface area (Å²) in [7, 11) is 0. The fourth-order valence-electron chi connectivity index (χ4n) is 3.46. The van der Waals surface area contributed by atoms with Crippen molar-refractivity contribution in [1.29, 1.82) is 0 Å². The smallest absolute Gasteiger partial charge is 0.338 e. The summed E-state index contributed by atoms with van der Waals surface area (Å²) in [5, 5.41) is 0. The minimum atomic E-state index is -0.654. The molecule has 3 aromatic rings. The van der Waals surface area contributed by atoms with E-state index >= 15 is 0 Å². The topological polar surface area (TPSA) is 60.7 Å². The lowest BCUT2D eigenvalue weighted by Gasteiger charge is -2.24. The van der Waals surface area contributed by atoms with Crippen LogP contribution in [0.2, 0.25) is 0 Å². The molecule has 8 heteroatoms. The third-order valence-electron chi connectivity index (χ3n) is 4.87. The molecule has 1 aliphatic heterocycles. The van der Waals surface area contributed by atoms with E-state index in [1.54, 1.807) is 32.1 Å². The lowest BCUT2D eigenvalue weighted by Crippen LogP contribution is -2.39. The van der Waals surface area contributed by atoms with Crippen LogP contribution in [0, 0.1) is 5.82 Å². The number of rotatable bonds is 4. The number of carbonyl (C=O) groups excluding carboxylic acids is 1. The maximum Gasteiger partial charge on any atom is 0.338 e. The van der Waals surface area contributed by atoms with Gasteiger partial charge < -0.3 is 4.74 Å². The molecule has 1 unspecified atom stereocenters. The van der Waals surface area contributed by atoms with Crippen LogP contribution in [0.5, 0.6) is 0 Å². The largest absolute Gasteiger partial charge is 0.463 e. The van der Waals surface area contributed by atoms with Crippen LogP contribution in [0.4, 0.5) is 4.39 Å². The van der Waals surface area contributed by atoms with Gasteiger partial charge in [0.1, 0.15) is 5.82 Å². The van der Waals surface area contributed by atoms with Crippen LogP contribution >= 0.6 is 27.3 Å². The Kier molecular flexibility index (Phi) is 6.02. The predicted molar refractivity (Wildman–Crippen MR) is 121 cm³/mol. The zero-order chi connectivity index (χ0) is 22.1. The van der Waals surface area contributed by atoms with Gasteiger partial charge in [-0.05, 0) is 55.3 Å². The fourth-order valence-corrected chi connectivity index (χ4v) is 4.77. The standard InChI is InChI=1S/C23H18BrFN2O3S/c1-3-30-22(29)19-13(2)26-23-27(20(19)15-6-8-16(24)9-7-15)21(28)18(31-23)12-14-4-10-17(25)11-5-14/h4-12,20H,3H2,1-2H3/b18-12-. The van der Waals surface area contributed by atoms with E-state index in [4.69, 9.17) is 4.74 Å². The normalized spacial score (nSPS) is 16.1. The van der Waals surface area contributed by atoms with Crippen molar-refractivity contribution in [3.63, 3.8) is 0 Å². The van der Waals surface area contributed by atoms with Crippen molar-refractivity contribution in [1.82, 2.24) is 4.57 Å². The van der Waals surface area contributed by atoms with Gasteiger partial charge in [0.05, 0.1) is 28.5 Å². The van der Waals surface area contributed by atoms with Crippen LogP contribution in [-0.2, 0) is 9.53 Å². The molecule has 2 heterocycles. The molecule has 31 heavy (non-hydrogen) atoms. The highest BCUT2D eigenvalue weighted by Gasteiger charge is 2.33. The van der Waals surface area contributed by atoms with E-state index in [2.05, 4.69) is 20.9 Å². The van der Waals surface area contributed by atoms with Gasteiger partial charge in [-0.2, -0.15) is 0 Å². The number of fused-ring (bicyclic) bond motifs is 1. The third kappa shape index (κ3) is 4.18. The van der Waals surface area contributed by atoms with Gasteiger partial charge >= 0.3 is 5.97 Å². The van der Waals surface area contributed by atoms with E-state index in [0.717, 1.165) is 10.0 Å². The van der Waals surface area contributed by atoms with Gasteiger partial charge in [0.2, 0.25) is 0 Å². The summed E-state index contributed by atoms with van der Waals surface area (Å²) >= 11 is 4.65. The van der Waals surface area contributed by atoms with Gasteiger partial charge in [-0.25, -0.2) is 14.2 Å². The highest BCUT2D eigenvalue weighted by molar-refractivity contribution is 9.10. The number of halogens is 2. The van der Waals surface area contributed by atoms with Crippen molar-refractivity contribution in [2.45, 2.75) is 19.9 Å². The molecule has 0 N–H and O–H groups in total. The van der Waals surface area contributed by atoms with Gasteiger partial charge in [0, 0.05) is 4.47 Å². The molecule has 1 aromatic heterocycles. The first-order valence-corrected chi connectivity index (χ1v) is 11.2. The molecule has 0 spiro atoms. The molecule has 158 valence electrons. The number of aromatic nitrogens is 1. The summed E-state index contributed by atoms with van der Waals surface area (Å²) in [4.78, 5) is 31.2. The Balaban J connectivity index is 1.94. The van der Waals surface area contributed by atoms with E-state index in [1.165, 1.54) is 28.0 Å². The average molecular weight is 501 g/mol. The number of carbonyl (C=O) groups is 1. The Bertz CT molecular complexity index is 1360. The van der Waals surface area contributed by atoms with Gasteiger partial charge in [-0.15, -0.1) is 0 Å². The lowest BCUT2D eigenvalue weighted by atomic mass is 9.96. The van der Waals surface area contributed by atoms with Gasteiger partial charge in [-0.1, -0.05) is 51.5 Å². The number of ether oxygens (including phenoxy) is 1. The first-order valence-electron chi connectivity index (χ1n) is 9.59. The molecule has 1 atom stereocenters. The SMILES string of the molecule is CCOC(=O)C1=C(C)N=c2s/c(=C\c3ccc(F)cc3)c(=O)n2C1c1ccc(Br)cc1. The Hall–Kier alpha value is -2.84. The summed E-state index contributed by atoms with van der Waals surface area (Å²) in [6.07, 6.45) is 1.70. The van der Waals surface area contributed by atoms with Crippen molar-refractivity contribution < 1.29 is 13.9 Å². The van der Waals surface area contributed by atoms with Gasteiger partial charge in [0.25, 0.3) is 5.56 Å². The molecular formula is C23H18BrFN2O3S. The zero-order valence-electron chi connectivity index (χ0n) is 16.8. The second-order valence-corrected chi connectivity index (χ2v) is 8.83. The van der Waals surface area contributed by atoms with Gasteiger partial charge in [-0.3, -0.25) is 9.36 Å². The second-order valence-electron chi connectivity index (χ2n) is 6.91. The van der Waals surface area contributed by atoms with E-state index < -0.39 is 12.0 Å². The Morgan fingerprint density at radius 3 is 2.55 bits per heavy atom. The number of esters is 1. The predicted octanol–water partition coefficient (Wildman–Crippen LogP) is 3.70. The fraction of sp³-hybridized carbons (Fsp3) is 0.174. The molecule has 4 rings (SSSR count). The number of nitrogens with zero attached hydrogens (tertiary/aromatic N) is 2. The molecule has 0 saturated carbocycles. The van der Waals surface area contributed by atoms with Gasteiger partial charge in [0.15, 0.2) is 4.80 Å². The molecule has 0 bridgehead atoms. The van der Waals surface area contributed by atoms with Crippen LogP contribution < -0.4 is 14.9 Å². The third-order valence-corrected chi connectivity index (χ3v) is 6.38. The lowest BCUT2D eigenvalue weighted by molar-refractivity contribution is -0.139. The monoisotopic (exact) mass is 500 g/mol. The van der Waals surface area contributed by atoms with E-state index in [-0.39, 0.29) is 18.0 Å². The molecule has 0 aliphatic carbocycles. The first kappa shape index (κ1) is 21.4. The van der Waals surface area contributed by atoms with E-state index in [1.807, 2.05) is 24.3 Å². The zero-order valence-corrected chi connectivity index (χ0v) is 19.2. The second kappa shape index (κ2) is 8.72. The molecule has 1 aliphatic rings. The average Bonchev–Trinajstić information content (AvgIpc) is 3.04. The maximum atomic E-state index is 13.4. The van der Waals surface area contributed by atoms with Crippen molar-refractivity contribution >= 4 is 39.3 Å². The quantitative estimate of drug-likeness (QED) is 0.513. The molecular weight excluding hydrogens is 483 g/mol. The number of benzene rings is 2. The molecule has 5 nitrogen and oxygen atoms in total. The number of thiazole rings is 1. The van der Waals surface area contributed by atoms with E-state index in [9.17, 15) is 14.0 Å². The Morgan fingerprint density at radius 1 is 1.23 bits per heavy atom. The minimum Gasteiger partial charge on any atom is -0.463 e. The Morgan fingerprint density at radius 2 is 1.90 bits per heavy atom. The minimum absolute atomic E-state index is 0.220.